The maximum Gasteiger partial charge on any atom is 0.0232 e. The molecule has 56 valence electrons. The standard InChI is InChI=1S/C10H11N/c1-7-3-2-4-8-5-9(6-11)10(7)8/h2-4,6,9,11H,5H2,1H3. The second kappa shape index (κ2) is 2.19. The molecule has 1 aliphatic carbocycles. The van der Waals surface area contributed by atoms with Crippen molar-refractivity contribution in [2.45, 2.75) is 19.3 Å². The number of aryl methyl sites for hydroxylation is 1. The molecule has 1 aliphatic rings. The van der Waals surface area contributed by atoms with E-state index in [1.807, 2.05) is 0 Å². The van der Waals surface area contributed by atoms with Crippen molar-refractivity contribution in [1.82, 2.24) is 0 Å². The third-order valence-electron chi connectivity index (χ3n) is 2.43. The lowest BCUT2D eigenvalue weighted by molar-refractivity contribution is 0.768. The molecule has 1 nitrogen and oxygen atoms in total. The molecule has 1 aromatic carbocycles. The van der Waals surface area contributed by atoms with Crippen molar-refractivity contribution >= 4 is 6.21 Å². The van der Waals surface area contributed by atoms with Crippen LogP contribution in [0.25, 0.3) is 0 Å². The average Bonchev–Trinajstić information content (AvgIpc) is 1.93. The molecule has 1 N–H and O–H groups in total. The summed E-state index contributed by atoms with van der Waals surface area (Å²) in [7, 11) is 0. The average molecular weight is 145 g/mol. The van der Waals surface area contributed by atoms with Crippen molar-refractivity contribution in [2.24, 2.45) is 0 Å². The Hall–Kier alpha value is -1.11. The van der Waals surface area contributed by atoms with Gasteiger partial charge in [0.2, 0.25) is 0 Å². The molecule has 1 heteroatoms. The van der Waals surface area contributed by atoms with Gasteiger partial charge in [-0.3, -0.25) is 0 Å². The fourth-order valence-electron chi connectivity index (χ4n) is 1.80. The van der Waals surface area contributed by atoms with Gasteiger partial charge in [0, 0.05) is 12.1 Å². The number of hydrogen-bond donors (Lipinski definition) is 1. The van der Waals surface area contributed by atoms with Gasteiger partial charge in [-0.05, 0) is 30.0 Å². The van der Waals surface area contributed by atoms with Crippen LogP contribution in [0.15, 0.2) is 18.2 Å². The lowest BCUT2D eigenvalue weighted by Crippen LogP contribution is -2.19. The lowest BCUT2D eigenvalue weighted by Gasteiger charge is -2.28. The Morgan fingerprint density at radius 2 is 2.36 bits per heavy atom. The maximum atomic E-state index is 7.16. The minimum absolute atomic E-state index is 0.409. The first-order valence-corrected chi connectivity index (χ1v) is 3.92. The Labute approximate surface area is 66.6 Å². The molecule has 0 radical (unpaired) electrons. The first-order valence-electron chi connectivity index (χ1n) is 3.92. The Balaban J connectivity index is 2.51. The molecule has 0 saturated heterocycles. The number of nitrogens with one attached hydrogen (secondary N) is 1. The molecule has 1 atom stereocenters. The summed E-state index contributed by atoms with van der Waals surface area (Å²) in [4.78, 5) is 0. The fourth-order valence-corrected chi connectivity index (χ4v) is 1.80. The topological polar surface area (TPSA) is 23.9 Å². The fraction of sp³-hybridized carbons (Fsp3) is 0.300. The van der Waals surface area contributed by atoms with E-state index in [1.54, 1.807) is 6.21 Å². The molecule has 0 amide bonds. The highest BCUT2D eigenvalue weighted by molar-refractivity contribution is 5.72. The molecule has 1 unspecified atom stereocenters. The van der Waals surface area contributed by atoms with Crippen LogP contribution in [0.5, 0.6) is 0 Å². The van der Waals surface area contributed by atoms with Crippen molar-refractivity contribution in [1.29, 1.82) is 5.41 Å². The monoisotopic (exact) mass is 145 g/mol. The largest absolute Gasteiger partial charge is 0.312 e. The first-order chi connectivity index (χ1) is 5.33. The van der Waals surface area contributed by atoms with Crippen molar-refractivity contribution in [3.63, 3.8) is 0 Å². The van der Waals surface area contributed by atoms with Gasteiger partial charge in [0.25, 0.3) is 0 Å². The summed E-state index contributed by atoms with van der Waals surface area (Å²) in [6, 6.07) is 6.37. The summed E-state index contributed by atoms with van der Waals surface area (Å²) in [5.41, 5.74) is 4.16. The summed E-state index contributed by atoms with van der Waals surface area (Å²) in [5, 5.41) is 7.16. The Morgan fingerprint density at radius 3 is 3.00 bits per heavy atom. The highest BCUT2D eigenvalue weighted by atomic mass is 14.4. The zero-order valence-corrected chi connectivity index (χ0v) is 6.59. The van der Waals surface area contributed by atoms with Gasteiger partial charge in [0.05, 0.1) is 0 Å². The van der Waals surface area contributed by atoms with Gasteiger partial charge < -0.3 is 5.41 Å². The van der Waals surface area contributed by atoms with Gasteiger partial charge in [0.15, 0.2) is 0 Å². The third kappa shape index (κ3) is 0.805. The van der Waals surface area contributed by atoms with E-state index in [4.69, 9.17) is 5.41 Å². The zero-order chi connectivity index (χ0) is 7.84. The molecule has 0 bridgehead atoms. The van der Waals surface area contributed by atoms with Crippen LogP contribution < -0.4 is 0 Å². The second-order valence-corrected chi connectivity index (χ2v) is 3.12. The van der Waals surface area contributed by atoms with E-state index in [-0.39, 0.29) is 0 Å². The summed E-state index contributed by atoms with van der Waals surface area (Å²) in [5.74, 6) is 0.409. The number of rotatable bonds is 1. The van der Waals surface area contributed by atoms with Crippen molar-refractivity contribution < 1.29 is 0 Å². The molecule has 2 rings (SSSR count). The SMILES string of the molecule is Cc1cccc2c1C(C=N)C2. The highest BCUT2D eigenvalue weighted by Gasteiger charge is 2.24. The van der Waals surface area contributed by atoms with Crippen LogP contribution in [-0.2, 0) is 6.42 Å². The molecule has 0 fully saturated rings. The van der Waals surface area contributed by atoms with E-state index in [0.717, 1.165) is 6.42 Å². The normalized spacial score (nSPS) is 20.3. The van der Waals surface area contributed by atoms with Crippen molar-refractivity contribution in [3.05, 3.63) is 34.9 Å². The van der Waals surface area contributed by atoms with Crippen LogP contribution in [0, 0.1) is 12.3 Å². The van der Waals surface area contributed by atoms with Crippen LogP contribution in [-0.4, -0.2) is 6.21 Å². The van der Waals surface area contributed by atoms with Gasteiger partial charge in [0.1, 0.15) is 0 Å². The van der Waals surface area contributed by atoms with Gasteiger partial charge in [-0.2, -0.15) is 0 Å². The molecular formula is C10H11N. The number of fused-ring (bicyclic) bond motifs is 1. The van der Waals surface area contributed by atoms with Crippen LogP contribution in [0.2, 0.25) is 0 Å². The number of benzene rings is 1. The van der Waals surface area contributed by atoms with Gasteiger partial charge in [-0.15, -0.1) is 0 Å². The lowest BCUT2D eigenvalue weighted by atomic mass is 9.76. The van der Waals surface area contributed by atoms with Crippen molar-refractivity contribution in [3.8, 4) is 0 Å². The number of hydrogen-bond acceptors (Lipinski definition) is 1. The molecule has 0 heterocycles. The second-order valence-electron chi connectivity index (χ2n) is 3.12. The summed E-state index contributed by atoms with van der Waals surface area (Å²) in [6.45, 7) is 2.12. The predicted octanol–water partition coefficient (Wildman–Crippen LogP) is 2.28. The summed E-state index contributed by atoms with van der Waals surface area (Å²) < 4.78 is 0. The summed E-state index contributed by atoms with van der Waals surface area (Å²) in [6.07, 6.45) is 2.62. The van der Waals surface area contributed by atoms with Crippen LogP contribution in [0.1, 0.15) is 22.6 Å². The maximum absolute atomic E-state index is 7.16. The van der Waals surface area contributed by atoms with Gasteiger partial charge in [-0.25, -0.2) is 0 Å². The van der Waals surface area contributed by atoms with E-state index < -0.39 is 0 Å². The molecular weight excluding hydrogens is 134 g/mol. The minimum atomic E-state index is 0.409. The Bertz CT molecular complexity index is 287. The van der Waals surface area contributed by atoms with Gasteiger partial charge in [-0.1, -0.05) is 18.2 Å². The Kier molecular flexibility index (Phi) is 1.31. The van der Waals surface area contributed by atoms with Crippen LogP contribution in [0.4, 0.5) is 0 Å². The molecule has 0 saturated carbocycles. The highest BCUT2D eigenvalue weighted by Crippen LogP contribution is 2.35. The molecule has 1 aromatic rings. The van der Waals surface area contributed by atoms with E-state index in [0.29, 0.717) is 5.92 Å². The minimum Gasteiger partial charge on any atom is -0.312 e. The van der Waals surface area contributed by atoms with Crippen LogP contribution >= 0.6 is 0 Å². The quantitative estimate of drug-likeness (QED) is 0.586. The van der Waals surface area contributed by atoms with Gasteiger partial charge >= 0.3 is 0 Å². The molecule has 11 heavy (non-hydrogen) atoms. The van der Waals surface area contributed by atoms with Crippen molar-refractivity contribution in [2.75, 3.05) is 0 Å². The first kappa shape index (κ1) is 6.59. The third-order valence-corrected chi connectivity index (χ3v) is 2.43. The Morgan fingerprint density at radius 1 is 1.55 bits per heavy atom. The zero-order valence-electron chi connectivity index (χ0n) is 6.59. The van der Waals surface area contributed by atoms with E-state index in [2.05, 4.69) is 25.1 Å². The van der Waals surface area contributed by atoms with Crippen LogP contribution in [0.3, 0.4) is 0 Å². The predicted molar refractivity (Wildman–Crippen MR) is 46.4 cm³/mol. The van der Waals surface area contributed by atoms with E-state index >= 15 is 0 Å². The van der Waals surface area contributed by atoms with E-state index in [9.17, 15) is 0 Å². The molecule has 0 aliphatic heterocycles. The summed E-state index contributed by atoms with van der Waals surface area (Å²) >= 11 is 0. The molecule has 0 aromatic heterocycles. The smallest absolute Gasteiger partial charge is 0.0232 e. The van der Waals surface area contributed by atoms with E-state index in [1.165, 1.54) is 16.7 Å². The molecule has 0 spiro atoms.